The average molecular weight is 420 g/mol. The number of nitrogens with zero attached hydrogens (tertiary/aromatic N) is 2. The first-order chi connectivity index (χ1) is 10.3. The van der Waals surface area contributed by atoms with E-state index in [0.717, 1.165) is 37.1 Å². The van der Waals surface area contributed by atoms with Gasteiger partial charge in [0.1, 0.15) is 5.76 Å². The van der Waals surface area contributed by atoms with Gasteiger partial charge in [0, 0.05) is 33.1 Å². The molecule has 22 heavy (non-hydrogen) atoms. The second kappa shape index (κ2) is 10.9. The fraction of sp³-hybridized carbons (Fsp3) is 0.688. The van der Waals surface area contributed by atoms with Crippen LogP contribution in [0.25, 0.3) is 0 Å². The van der Waals surface area contributed by atoms with Crippen molar-refractivity contribution in [2.45, 2.75) is 26.2 Å². The van der Waals surface area contributed by atoms with Crippen molar-refractivity contribution < 1.29 is 4.42 Å². The Kier molecular flexibility index (Phi) is 9.54. The largest absolute Gasteiger partial charge is 0.469 e. The molecule has 0 saturated carbocycles. The van der Waals surface area contributed by atoms with Crippen molar-refractivity contribution in [3.63, 3.8) is 0 Å². The first-order valence-electron chi connectivity index (χ1n) is 8.01. The summed E-state index contributed by atoms with van der Waals surface area (Å²) in [4.78, 5) is 6.83. The van der Waals surface area contributed by atoms with Gasteiger partial charge >= 0.3 is 0 Å². The highest BCUT2D eigenvalue weighted by Crippen LogP contribution is 2.15. The number of hydrogen-bond donors (Lipinski definition) is 2. The molecule has 1 aliphatic rings. The van der Waals surface area contributed by atoms with Gasteiger partial charge in [0.05, 0.1) is 6.26 Å². The molecule has 126 valence electrons. The summed E-state index contributed by atoms with van der Waals surface area (Å²) in [6, 6.07) is 3.92. The minimum absolute atomic E-state index is 0. The van der Waals surface area contributed by atoms with Gasteiger partial charge < -0.3 is 20.0 Å². The molecule has 6 heteroatoms. The normalized spacial score (nSPS) is 19.0. The third-order valence-electron chi connectivity index (χ3n) is 3.94. The van der Waals surface area contributed by atoms with Crippen molar-refractivity contribution >= 4 is 29.9 Å². The number of hydrogen-bond acceptors (Lipinski definition) is 3. The molecule has 2 N–H and O–H groups in total. The standard InChI is InChI=1S/C16H28N4O.HI/c1-3-9-20-10-7-14(13-20)12-19-16(17-2)18-8-6-15-5-4-11-21-15;/h4-5,11,14H,3,6-10,12-13H2,1-2H3,(H2,17,18,19);1H. The Morgan fingerprint density at radius 3 is 3.00 bits per heavy atom. The number of guanidine groups is 1. The van der Waals surface area contributed by atoms with Crippen LogP contribution < -0.4 is 10.6 Å². The molecule has 0 aromatic carbocycles. The van der Waals surface area contributed by atoms with E-state index < -0.39 is 0 Å². The fourth-order valence-electron chi connectivity index (χ4n) is 2.82. The van der Waals surface area contributed by atoms with Gasteiger partial charge in [-0.1, -0.05) is 6.92 Å². The van der Waals surface area contributed by atoms with Crippen molar-refractivity contribution in [2.24, 2.45) is 10.9 Å². The summed E-state index contributed by atoms with van der Waals surface area (Å²) in [6.45, 7) is 7.76. The van der Waals surface area contributed by atoms with Crippen LogP contribution in [-0.4, -0.2) is 50.6 Å². The molecule has 0 bridgehead atoms. The lowest BCUT2D eigenvalue weighted by molar-refractivity contribution is 0.324. The Morgan fingerprint density at radius 1 is 1.45 bits per heavy atom. The van der Waals surface area contributed by atoms with Gasteiger partial charge in [0.2, 0.25) is 0 Å². The molecule has 0 amide bonds. The lowest BCUT2D eigenvalue weighted by Crippen LogP contribution is -2.41. The van der Waals surface area contributed by atoms with E-state index in [-0.39, 0.29) is 24.0 Å². The maximum atomic E-state index is 5.32. The summed E-state index contributed by atoms with van der Waals surface area (Å²) in [5.74, 6) is 2.62. The van der Waals surface area contributed by atoms with Gasteiger partial charge in [-0.2, -0.15) is 0 Å². The summed E-state index contributed by atoms with van der Waals surface area (Å²) >= 11 is 0. The molecular formula is C16H29IN4O. The summed E-state index contributed by atoms with van der Waals surface area (Å²) in [5.41, 5.74) is 0. The van der Waals surface area contributed by atoms with E-state index >= 15 is 0 Å². The Morgan fingerprint density at radius 2 is 2.32 bits per heavy atom. The highest BCUT2D eigenvalue weighted by Gasteiger charge is 2.21. The summed E-state index contributed by atoms with van der Waals surface area (Å²) < 4.78 is 5.32. The van der Waals surface area contributed by atoms with Gasteiger partial charge in [0.25, 0.3) is 0 Å². The van der Waals surface area contributed by atoms with E-state index in [9.17, 15) is 0 Å². The van der Waals surface area contributed by atoms with E-state index in [2.05, 4.69) is 27.4 Å². The smallest absolute Gasteiger partial charge is 0.191 e. The Balaban J connectivity index is 0.00000242. The molecule has 2 heterocycles. The van der Waals surface area contributed by atoms with Crippen LogP contribution in [-0.2, 0) is 6.42 Å². The van der Waals surface area contributed by atoms with Gasteiger partial charge in [-0.25, -0.2) is 0 Å². The maximum Gasteiger partial charge on any atom is 0.191 e. The molecule has 5 nitrogen and oxygen atoms in total. The van der Waals surface area contributed by atoms with Crippen molar-refractivity contribution in [1.29, 1.82) is 0 Å². The predicted molar refractivity (Wildman–Crippen MR) is 102 cm³/mol. The highest BCUT2D eigenvalue weighted by molar-refractivity contribution is 14.0. The van der Waals surface area contributed by atoms with E-state index in [1.165, 1.54) is 32.5 Å². The second-order valence-electron chi connectivity index (χ2n) is 5.66. The van der Waals surface area contributed by atoms with Gasteiger partial charge in [-0.15, -0.1) is 24.0 Å². The number of rotatable bonds is 7. The number of likely N-dealkylation sites (tertiary alicyclic amines) is 1. The third-order valence-corrected chi connectivity index (χ3v) is 3.94. The molecule has 1 unspecified atom stereocenters. The fourth-order valence-corrected chi connectivity index (χ4v) is 2.82. The molecule has 1 atom stereocenters. The van der Waals surface area contributed by atoms with Gasteiger partial charge in [0.15, 0.2) is 5.96 Å². The lowest BCUT2D eigenvalue weighted by atomic mass is 10.1. The maximum absolute atomic E-state index is 5.32. The molecule has 1 aromatic heterocycles. The summed E-state index contributed by atoms with van der Waals surface area (Å²) in [6.07, 6.45) is 5.12. The summed E-state index contributed by atoms with van der Waals surface area (Å²) in [7, 11) is 1.82. The van der Waals surface area contributed by atoms with Crippen LogP contribution in [0.15, 0.2) is 27.8 Å². The zero-order chi connectivity index (χ0) is 14.9. The van der Waals surface area contributed by atoms with Crippen LogP contribution in [0.2, 0.25) is 0 Å². The molecule has 2 rings (SSSR count). The number of furan rings is 1. The van der Waals surface area contributed by atoms with E-state index in [1.54, 1.807) is 6.26 Å². The lowest BCUT2D eigenvalue weighted by Gasteiger charge is -2.16. The molecule has 0 radical (unpaired) electrons. The highest BCUT2D eigenvalue weighted by atomic mass is 127. The van der Waals surface area contributed by atoms with Crippen LogP contribution in [0, 0.1) is 5.92 Å². The molecule has 0 aliphatic carbocycles. The van der Waals surface area contributed by atoms with Crippen LogP contribution in [0.1, 0.15) is 25.5 Å². The van der Waals surface area contributed by atoms with Crippen molar-refractivity contribution in [3.05, 3.63) is 24.2 Å². The average Bonchev–Trinajstić information content (AvgIpc) is 3.15. The number of halogens is 1. The van der Waals surface area contributed by atoms with E-state index in [1.807, 2.05) is 19.2 Å². The Hall–Kier alpha value is -0.760. The minimum atomic E-state index is 0. The van der Waals surface area contributed by atoms with Crippen LogP contribution in [0.5, 0.6) is 0 Å². The quantitative estimate of drug-likeness (QED) is 0.404. The predicted octanol–water partition coefficient (Wildman–Crippen LogP) is 2.34. The third kappa shape index (κ3) is 6.56. The zero-order valence-electron chi connectivity index (χ0n) is 13.7. The Labute approximate surface area is 150 Å². The molecule has 0 spiro atoms. The first kappa shape index (κ1) is 19.3. The SMILES string of the molecule is CCCN1CCC(CNC(=NC)NCCc2ccco2)C1.I. The minimum Gasteiger partial charge on any atom is -0.469 e. The van der Waals surface area contributed by atoms with Crippen LogP contribution >= 0.6 is 24.0 Å². The van der Waals surface area contributed by atoms with Crippen LogP contribution in [0.4, 0.5) is 0 Å². The van der Waals surface area contributed by atoms with Crippen molar-refractivity contribution in [3.8, 4) is 0 Å². The monoisotopic (exact) mass is 420 g/mol. The number of nitrogens with one attached hydrogen (secondary N) is 2. The summed E-state index contributed by atoms with van der Waals surface area (Å²) in [5, 5.41) is 6.77. The van der Waals surface area contributed by atoms with Crippen LogP contribution in [0.3, 0.4) is 0 Å². The topological polar surface area (TPSA) is 52.8 Å². The molecule has 1 aromatic rings. The van der Waals surface area contributed by atoms with Gasteiger partial charge in [-0.3, -0.25) is 4.99 Å². The zero-order valence-corrected chi connectivity index (χ0v) is 16.0. The van der Waals surface area contributed by atoms with Crippen molar-refractivity contribution in [2.75, 3.05) is 39.8 Å². The first-order valence-corrected chi connectivity index (χ1v) is 8.01. The molecule has 1 fully saturated rings. The van der Waals surface area contributed by atoms with E-state index in [4.69, 9.17) is 4.42 Å². The Bertz CT molecular complexity index is 422. The molecular weight excluding hydrogens is 391 g/mol. The number of aliphatic imine (C=N–C) groups is 1. The van der Waals surface area contributed by atoms with Crippen molar-refractivity contribution in [1.82, 2.24) is 15.5 Å². The second-order valence-corrected chi connectivity index (χ2v) is 5.66. The van der Waals surface area contributed by atoms with Gasteiger partial charge in [-0.05, 0) is 44.0 Å². The molecule has 1 saturated heterocycles. The molecule has 1 aliphatic heterocycles. The van der Waals surface area contributed by atoms with E-state index in [0.29, 0.717) is 0 Å².